The van der Waals surface area contributed by atoms with Crippen molar-refractivity contribution in [3.63, 3.8) is 0 Å². The lowest BCUT2D eigenvalue weighted by molar-refractivity contribution is -0.144. The van der Waals surface area contributed by atoms with E-state index in [1.54, 1.807) is 12.4 Å². The Hall–Kier alpha value is -1.69. The molecule has 1 aliphatic rings. The van der Waals surface area contributed by atoms with Crippen LogP contribution < -0.4 is 5.32 Å². The molecule has 5 nitrogen and oxygen atoms in total. The number of aromatic nitrogens is 2. The number of fused-ring (bicyclic) bond motifs is 1. The second kappa shape index (κ2) is 4.77. The Kier molecular flexibility index (Phi) is 3.10. The summed E-state index contributed by atoms with van der Waals surface area (Å²) in [7, 11) is 0. The molecule has 19 heavy (non-hydrogen) atoms. The molecule has 0 spiro atoms. The monoisotopic (exact) mass is 321 g/mol. The van der Waals surface area contributed by atoms with E-state index in [4.69, 9.17) is 5.11 Å². The van der Waals surface area contributed by atoms with E-state index in [0.29, 0.717) is 18.7 Å². The molecule has 2 aromatic rings. The predicted molar refractivity (Wildman–Crippen MR) is 75.0 cm³/mol. The molecule has 2 heterocycles. The van der Waals surface area contributed by atoms with Gasteiger partial charge in [-0.05, 0) is 40.9 Å². The first-order valence-corrected chi connectivity index (χ1v) is 6.83. The molecule has 0 unspecified atom stereocenters. The summed E-state index contributed by atoms with van der Waals surface area (Å²) in [5, 5.41) is 13.1. The molecule has 2 aromatic heterocycles. The number of carboxylic acid groups (broad SMARTS) is 1. The standard InChI is InChI=1S/C13H12BrN3O2/c14-10-6-16-12(11-9(10)2-1-3-15-11)17-8-4-7(5-8)13(18)19/h1-3,6-8H,4-5H2,(H,16,17)(H,18,19). The number of carbonyl (C=O) groups is 1. The number of nitrogens with zero attached hydrogens (tertiary/aromatic N) is 2. The Bertz CT molecular complexity index is 641. The third-order valence-electron chi connectivity index (χ3n) is 3.42. The van der Waals surface area contributed by atoms with Crippen LogP contribution in [-0.2, 0) is 4.79 Å². The summed E-state index contributed by atoms with van der Waals surface area (Å²) in [5.41, 5.74) is 0.802. The normalized spacial score (nSPS) is 21.9. The van der Waals surface area contributed by atoms with Crippen LogP contribution in [0.25, 0.3) is 10.9 Å². The van der Waals surface area contributed by atoms with Crippen LogP contribution in [0.1, 0.15) is 12.8 Å². The Morgan fingerprint density at radius 2 is 2.21 bits per heavy atom. The van der Waals surface area contributed by atoms with Crippen LogP contribution in [0.5, 0.6) is 0 Å². The molecule has 0 bridgehead atoms. The van der Waals surface area contributed by atoms with Gasteiger partial charge in [0.1, 0.15) is 5.52 Å². The Morgan fingerprint density at radius 3 is 2.95 bits per heavy atom. The number of rotatable bonds is 3. The number of halogens is 1. The second-order valence-corrected chi connectivity index (χ2v) is 5.56. The fraction of sp³-hybridized carbons (Fsp3) is 0.308. The van der Waals surface area contributed by atoms with Gasteiger partial charge in [0.2, 0.25) is 0 Å². The summed E-state index contributed by atoms with van der Waals surface area (Å²) in [6.45, 7) is 0. The first-order chi connectivity index (χ1) is 9.15. The molecular formula is C13H12BrN3O2. The first-order valence-electron chi connectivity index (χ1n) is 6.03. The smallest absolute Gasteiger partial charge is 0.306 e. The van der Waals surface area contributed by atoms with E-state index >= 15 is 0 Å². The van der Waals surface area contributed by atoms with Gasteiger partial charge in [0.15, 0.2) is 5.82 Å². The summed E-state index contributed by atoms with van der Waals surface area (Å²) in [4.78, 5) is 19.4. The third-order valence-corrected chi connectivity index (χ3v) is 4.06. The molecule has 6 heteroatoms. The van der Waals surface area contributed by atoms with E-state index in [1.807, 2.05) is 12.1 Å². The van der Waals surface area contributed by atoms with Crippen molar-refractivity contribution in [3.05, 3.63) is 29.0 Å². The summed E-state index contributed by atoms with van der Waals surface area (Å²) < 4.78 is 0.901. The van der Waals surface area contributed by atoms with Gasteiger partial charge in [-0.1, -0.05) is 0 Å². The number of hydrogen-bond donors (Lipinski definition) is 2. The van der Waals surface area contributed by atoms with Gasteiger partial charge >= 0.3 is 5.97 Å². The minimum absolute atomic E-state index is 0.167. The maximum atomic E-state index is 10.8. The van der Waals surface area contributed by atoms with Crippen molar-refractivity contribution in [2.75, 3.05) is 5.32 Å². The summed E-state index contributed by atoms with van der Waals surface area (Å²) in [6, 6.07) is 4.01. The molecule has 0 aromatic carbocycles. The average Bonchev–Trinajstić information content (AvgIpc) is 2.35. The molecular weight excluding hydrogens is 310 g/mol. The zero-order valence-electron chi connectivity index (χ0n) is 10.0. The number of pyridine rings is 2. The lowest BCUT2D eigenvalue weighted by atomic mass is 9.80. The number of anilines is 1. The zero-order valence-corrected chi connectivity index (χ0v) is 11.6. The predicted octanol–water partition coefficient (Wildman–Crippen LogP) is 2.67. The van der Waals surface area contributed by atoms with E-state index < -0.39 is 5.97 Å². The second-order valence-electron chi connectivity index (χ2n) is 4.70. The molecule has 1 aliphatic carbocycles. The van der Waals surface area contributed by atoms with Crippen molar-refractivity contribution in [1.29, 1.82) is 0 Å². The van der Waals surface area contributed by atoms with Gasteiger partial charge < -0.3 is 10.4 Å². The Balaban J connectivity index is 1.83. The number of nitrogens with one attached hydrogen (secondary N) is 1. The number of carboxylic acids is 1. The van der Waals surface area contributed by atoms with E-state index in [-0.39, 0.29) is 12.0 Å². The molecule has 0 radical (unpaired) electrons. The summed E-state index contributed by atoms with van der Waals surface area (Å²) in [5.74, 6) is -0.232. The summed E-state index contributed by atoms with van der Waals surface area (Å²) in [6.07, 6.45) is 4.74. The van der Waals surface area contributed by atoms with Gasteiger partial charge in [0.25, 0.3) is 0 Å². The number of aliphatic carboxylic acids is 1. The van der Waals surface area contributed by atoms with Crippen LogP contribution in [0.2, 0.25) is 0 Å². The maximum Gasteiger partial charge on any atom is 0.306 e. The largest absolute Gasteiger partial charge is 0.481 e. The minimum atomic E-state index is -0.718. The average molecular weight is 322 g/mol. The number of hydrogen-bond acceptors (Lipinski definition) is 4. The highest BCUT2D eigenvalue weighted by Gasteiger charge is 2.34. The van der Waals surface area contributed by atoms with Crippen LogP contribution in [0.15, 0.2) is 29.0 Å². The molecule has 1 saturated carbocycles. The Labute approximate surface area is 118 Å². The van der Waals surface area contributed by atoms with Crippen LogP contribution in [0.4, 0.5) is 5.82 Å². The SMILES string of the molecule is O=C(O)C1CC(Nc2ncc(Br)c3cccnc23)C1. The van der Waals surface area contributed by atoms with Crippen molar-refractivity contribution in [2.24, 2.45) is 5.92 Å². The van der Waals surface area contributed by atoms with Crippen LogP contribution in [-0.4, -0.2) is 27.1 Å². The molecule has 0 saturated heterocycles. The van der Waals surface area contributed by atoms with Gasteiger partial charge in [0, 0.05) is 28.3 Å². The molecule has 0 amide bonds. The first kappa shape index (κ1) is 12.3. The third kappa shape index (κ3) is 2.28. The summed E-state index contributed by atoms with van der Waals surface area (Å²) >= 11 is 3.45. The van der Waals surface area contributed by atoms with Gasteiger partial charge in [-0.15, -0.1) is 0 Å². The topological polar surface area (TPSA) is 75.1 Å². The molecule has 0 atom stereocenters. The minimum Gasteiger partial charge on any atom is -0.481 e. The quantitative estimate of drug-likeness (QED) is 0.909. The molecule has 98 valence electrons. The van der Waals surface area contributed by atoms with E-state index in [1.165, 1.54) is 0 Å². The van der Waals surface area contributed by atoms with E-state index in [2.05, 4.69) is 31.2 Å². The van der Waals surface area contributed by atoms with E-state index in [9.17, 15) is 4.79 Å². The lowest BCUT2D eigenvalue weighted by Gasteiger charge is -2.33. The molecule has 0 aliphatic heterocycles. The van der Waals surface area contributed by atoms with Crippen molar-refractivity contribution in [3.8, 4) is 0 Å². The van der Waals surface area contributed by atoms with Gasteiger partial charge in [0.05, 0.1) is 5.92 Å². The highest BCUT2D eigenvalue weighted by Crippen LogP contribution is 2.32. The van der Waals surface area contributed by atoms with Crippen molar-refractivity contribution in [2.45, 2.75) is 18.9 Å². The van der Waals surface area contributed by atoms with Crippen molar-refractivity contribution < 1.29 is 9.90 Å². The van der Waals surface area contributed by atoms with Crippen LogP contribution in [0.3, 0.4) is 0 Å². The van der Waals surface area contributed by atoms with Gasteiger partial charge in [-0.2, -0.15) is 0 Å². The maximum absolute atomic E-state index is 10.8. The molecule has 1 fully saturated rings. The van der Waals surface area contributed by atoms with Crippen molar-refractivity contribution in [1.82, 2.24) is 9.97 Å². The van der Waals surface area contributed by atoms with Gasteiger partial charge in [-0.3, -0.25) is 9.78 Å². The van der Waals surface area contributed by atoms with E-state index in [0.717, 1.165) is 15.4 Å². The molecule has 2 N–H and O–H groups in total. The highest BCUT2D eigenvalue weighted by atomic mass is 79.9. The highest BCUT2D eigenvalue weighted by molar-refractivity contribution is 9.10. The van der Waals surface area contributed by atoms with Crippen molar-refractivity contribution >= 4 is 38.6 Å². The van der Waals surface area contributed by atoms with Crippen LogP contribution in [0, 0.1) is 5.92 Å². The molecule has 3 rings (SSSR count). The van der Waals surface area contributed by atoms with Crippen LogP contribution >= 0.6 is 15.9 Å². The fourth-order valence-corrected chi connectivity index (χ4v) is 2.70. The van der Waals surface area contributed by atoms with Gasteiger partial charge in [-0.25, -0.2) is 4.98 Å². The fourth-order valence-electron chi connectivity index (χ4n) is 2.27. The lowest BCUT2D eigenvalue weighted by Crippen LogP contribution is -2.39. The Morgan fingerprint density at radius 1 is 1.42 bits per heavy atom. The zero-order chi connectivity index (χ0) is 13.4.